The Hall–Kier alpha value is -4.45. The maximum Gasteiger partial charge on any atom is 0.323 e. The quantitative estimate of drug-likeness (QED) is 0.254. The first-order chi connectivity index (χ1) is 16.1. The van der Waals surface area contributed by atoms with Crippen LogP contribution in [-0.2, 0) is 6.42 Å². The number of rotatable bonds is 7. The maximum atomic E-state index is 12.4. The summed E-state index contributed by atoms with van der Waals surface area (Å²) < 4.78 is 5.77. The van der Waals surface area contributed by atoms with Gasteiger partial charge in [-0.3, -0.25) is 0 Å². The normalized spacial score (nSPS) is 10.3. The van der Waals surface area contributed by atoms with E-state index >= 15 is 0 Å². The molecule has 33 heavy (non-hydrogen) atoms. The van der Waals surface area contributed by atoms with Gasteiger partial charge < -0.3 is 26.4 Å². The maximum absolute atomic E-state index is 12.4. The Kier molecular flexibility index (Phi) is 6.75. The number of benzene rings is 4. The monoisotopic (exact) mass is 438 g/mol. The van der Waals surface area contributed by atoms with Crippen LogP contribution in [0.4, 0.5) is 27.5 Å². The second-order valence-corrected chi connectivity index (χ2v) is 7.60. The van der Waals surface area contributed by atoms with Gasteiger partial charge in [-0.05, 0) is 90.3 Å². The second-order valence-electron chi connectivity index (χ2n) is 7.60. The molecule has 0 spiro atoms. The van der Waals surface area contributed by atoms with Crippen molar-refractivity contribution in [2.75, 3.05) is 28.7 Å². The molecule has 0 heterocycles. The summed E-state index contributed by atoms with van der Waals surface area (Å²) >= 11 is 0. The molecule has 0 bridgehead atoms. The minimum absolute atomic E-state index is 0.308. The predicted octanol–water partition coefficient (Wildman–Crippen LogP) is 6.34. The number of urea groups is 1. The van der Waals surface area contributed by atoms with Gasteiger partial charge in [-0.25, -0.2) is 4.79 Å². The topological polar surface area (TPSA) is 88.4 Å². The van der Waals surface area contributed by atoms with Gasteiger partial charge in [0.2, 0.25) is 0 Å². The van der Waals surface area contributed by atoms with E-state index in [0.29, 0.717) is 22.9 Å². The van der Waals surface area contributed by atoms with Crippen LogP contribution in [0.2, 0.25) is 0 Å². The fourth-order valence-electron chi connectivity index (χ4n) is 3.30. The predicted molar refractivity (Wildman–Crippen MR) is 135 cm³/mol. The molecule has 0 radical (unpaired) electrons. The van der Waals surface area contributed by atoms with E-state index in [1.54, 1.807) is 48.5 Å². The molecule has 0 aliphatic rings. The number of amides is 2. The highest BCUT2D eigenvalue weighted by molar-refractivity contribution is 5.99. The summed E-state index contributed by atoms with van der Waals surface area (Å²) in [4.78, 5) is 12.4. The van der Waals surface area contributed by atoms with Crippen molar-refractivity contribution in [1.29, 1.82) is 0 Å². The first kappa shape index (κ1) is 21.8. The lowest BCUT2D eigenvalue weighted by Gasteiger charge is -2.10. The molecular weight excluding hydrogens is 412 g/mol. The van der Waals surface area contributed by atoms with Crippen LogP contribution in [0, 0.1) is 0 Å². The minimum atomic E-state index is -0.308. The fourth-order valence-corrected chi connectivity index (χ4v) is 3.30. The molecular formula is C27H26N4O2. The molecule has 5 N–H and O–H groups in total. The van der Waals surface area contributed by atoms with Gasteiger partial charge in [0.05, 0.1) is 0 Å². The molecule has 4 aromatic rings. The summed E-state index contributed by atoms with van der Waals surface area (Å²) in [5, 5.41) is 8.80. The average Bonchev–Trinajstić information content (AvgIpc) is 2.83. The summed E-state index contributed by atoms with van der Waals surface area (Å²) in [7, 11) is 1.91. The second kappa shape index (κ2) is 10.2. The van der Waals surface area contributed by atoms with Crippen molar-refractivity contribution in [2.45, 2.75) is 6.42 Å². The molecule has 0 atom stereocenters. The van der Waals surface area contributed by atoms with E-state index in [1.165, 1.54) is 11.1 Å². The highest BCUT2D eigenvalue weighted by Crippen LogP contribution is 2.24. The van der Waals surface area contributed by atoms with Crippen LogP contribution >= 0.6 is 0 Å². The van der Waals surface area contributed by atoms with E-state index in [2.05, 4.69) is 40.2 Å². The SMILES string of the molecule is CNc1ccc(Cc2ccc(NC(=O)Nc3ccc(Oc4ccc(N)cc4)cc3)cc2)cc1. The Balaban J connectivity index is 1.28. The third kappa shape index (κ3) is 6.27. The number of anilines is 4. The van der Waals surface area contributed by atoms with E-state index in [9.17, 15) is 4.79 Å². The van der Waals surface area contributed by atoms with Crippen LogP contribution in [-0.4, -0.2) is 13.1 Å². The Bertz CT molecular complexity index is 1190. The number of carbonyl (C=O) groups excluding carboxylic acids is 1. The van der Waals surface area contributed by atoms with Crippen molar-refractivity contribution in [1.82, 2.24) is 0 Å². The number of carbonyl (C=O) groups is 1. The third-order valence-corrected chi connectivity index (χ3v) is 5.09. The lowest BCUT2D eigenvalue weighted by molar-refractivity contribution is 0.262. The van der Waals surface area contributed by atoms with Crippen molar-refractivity contribution in [2.24, 2.45) is 0 Å². The Morgan fingerprint density at radius 1 is 0.667 bits per heavy atom. The lowest BCUT2D eigenvalue weighted by atomic mass is 10.0. The molecule has 6 heteroatoms. The molecule has 0 fully saturated rings. The van der Waals surface area contributed by atoms with Crippen LogP contribution < -0.4 is 26.4 Å². The van der Waals surface area contributed by atoms with E-state index in [4.69, 9.17) is 10.5 Å². The van der Waals surface area contributed by atoms with Crippen LogP contribution in [0.5, 0.6) is 11.5 Å². The zero-order valence-electron chi connectivity index (χ0n) is 18.3. The summed E-state index contributed by atoms with van der Waals surface area (Å²) in [6.07, 6.45) is 0.835. The van der Waals surface area contributed by atoms with Crippen molar-refractivity contribution in [3.63, 3.8) is 0 Å². The van der Waals surface area contributed by atoms with Gasteiger partial charge in [-0.15, -0.1) is 0 Å². The summed E-state index contributed by atoms with van der Waals surface area (Å²) in [6.45, 7) is 0. The van der Waals surface area contributed by atoms with Crippen LogP contribution in [0.1, 0.15) is 11.1 Å². The Morgan fingerprint density at radius 2 is 1.09 bits per heavy atom. The fraction of sp³-hybridized carbons (Fsp3) is 0.0741. The van der Waals surface area contributed by atoms with Gasteiger partial charge >= 0.3 is 6.03 Å². The van der Waals surface area contributed by atoms with Crippen molar-refractivity contribution >= 4 is 28.8 Å². The molecule has 166 valence electrons. The third-order valence-electron chi connectivity index (χ3n) is 5.09. The number of nitrogens with one attached hydrogen (secondary N) is 3. The number of hydrogen-bond acceptors (Lipinski definition) is 4. The molecule has 0 aliphatic carbocycles. The van der Waals surface area contributed by atoms with Crippen LogP contribution in [0.25, 0.3) is 0 Å². The summed E-state index contributed by atoms with van der Waals surface area (Å²) in [5.74, 6) is 1.36. The summed E-state index contributed by atoms with van der Waals surface area (Å²) in [5.41, 5.74) is 11.3. The number of ether oxygens (including phenoxy) is 1. The first-order valence-electron chi connectivity index (χ1n) is 10.6. The molecule has 0 aromatic heterocycles. The van der Waals surface area contributed by atoms with Gasteiger partial charge in [0.15, 0.2) is 0 Å². The lowest BCUT2D eigenvalue weighted by Crippen LogP contribution is -2.19. The van der Waals surface area contributed by atoms with Crippen molar-refractivity contribution in [3.05, 3.63) is 108 Å². The van der Waals surface area contributed by atoms with Gasteiger partial charge in [-0.2, -0.15) is 0 Å². The van der Waals surface area contributed by atoms with Crippen LogP contribution in [0.15, 0.2) is 97.1 Å². The smallest absolute Gasteiger partial charge is 0.323 e. The highest BCUT2D eigenvalue weighted by atomic mass is 16.5. The first-order valence-corrected chi connectivity index (χ1v) is 10.6. The minimum Gasteiger partial charge on any atom is -0.457 e. The number of nitrogens with two attached hydrogens (primary N) is 1. The van der Waals surface area contributed by atoms with E-state index < -0.39 is 0 Å². The zero-order chi connectivity index (χ0) is 23.0. The van der Waals surface area contributed by atoms with E-state index in [-0.39, 0.29) is 6.03 Å². The van der Waals surface area contributed by atoms with Crippen LogP contribution in [0.3, 0.4) is 0 Å². The molecule has 6 nitrogen and oxygen atoms in total. The van der Waals surface area contributed by atoms with Crippen molar-refractivity contribution < 1.29 is 9.53 Å². The standard InChI is InChI=1S/C27H26N4O2/c1-29-22-8-2-19(3-9-22)18-20-4-10-23(11-5-20)30-27(32)31-24-12-16-26(17-13-24)33-25-14-6-21(28)7-15-25/h2-17,29H,18,28H2,1H3,(H2,30,31,32). The van der Waals surface area contributed by atoms with Gasteiger partial charge in [0.25, 0.3) is 0 Å². The summed E-state index contributed by atoms with van der Waals surface area (Å²) in [6, 6.07) is 30.2. The van der Waals surface area contributed by atoms with Gasteiger partial charge in [0, 0.05) is 29.8 Å². The van der Waals surface area contributed by atoms with Crippen molar-refractivity contribution in [3.8, 4) is 11.5 Å². The zero-order valence-corrected chi connectivity index (χ0v) is 18.3. The molecule has 0 saturated carbocycles. The highest BCUT2D eigenvalue weighted by Gasteiger charge is 2.05. The largest absolute Gasteiger partial charge is 0.457 e. The molecule has 2 amide bonds. The Labute approximate surface area is 193 Å². The molecule has 4 aromatic carbocycles. The number of nitrogen functional groups attached to an aromatic ring is 1. The van der Waals surface area contributed by atoms with Gasteiger partial charge in [0.1, 0.15) is 11.5 Å². The molecule has 0 unspecified atom stereocenters. The van der Waals surface area contributed by atoms with E-state index in [0.717, 1.165) is 17.8 Å². The average molecular weight is 439 g/mol. The molecule has 0 saturated heterocycles. The molecule has 4 rings (SSSR count). The van der Waals surface area contributed by atoms with Gasteiger partial charge in [-0.1, -0.05) is 24.3 Å². The molecule has 0 aliphatic heterocycles. The Morgan fingerprint density at radius 3 is 1.58 bits per heavy atom. The van der Waals surface area contributed by atoms with E-state index in [1.807, 2.05) is 31.3 Å². The number of hydrogen-bond donors (Lipinski definition) is 4.